The molecule has 0 spiro atoms. The third kappa shape index (κ3) is 1.63. The van der Waals surface area contributed by atoms with E-state index in [0.717, 1.165) is 12.1 Å². The molecule has 78 valence electrons. The Morgan fingerprint density at radius 2 is 2.00 bits per heavy atom. The van der Waals surface area contributed by atoms with E-state index in [1.54, 1.807) is 6.92 Å². The van der Waals surface area contributed by atoms with Crippen molar-refractivity contribution in [3.05, 3.63) is 41.0 Å². The van der Waals surface area contributed by atoms with Gasteiger partial charge in [0, 0.05) is 11.1 Å². The predicted octanol–water partition coefficient (Wildman–Crippen LogP) is 2.30. The minimum atomic E-state index is -0.924. The smallest absolute Gasteiger partial charge is 0.334 e. The van der Waals surface area contributed by atoms with Crippen LogP contribution in [0, 0.1) is 11.6 Å². The van der Waals surface area contributed by atoms with Crippen LogP contribution in [0.15, 0.2) is 23.8 Å². The van der Waals surface area contributed by atoms with Gasteiger partial charge in [-0.15, -0.1) is 0 Å². The van der Waals surface area contributed by atoms with Gasteiger partial charge in [0.2, 0.25) is 0 Å². The largest absolute Gasteiger partial charge is 0.457 e. The third-order valence-corrected chi connectivity index (χ3v) is 2.37. The van der Waals surface area contributed by atoms with Gasteiger partial charge in [0.05, 0.1) is 0 Å². The fourth-order valence-electron chi connectivity index (χ4n) is 1.46. The molecule has 0 N–H and O–H groups in total. The lowest BCUT2D eigenvalue weighted by molar-refractivity contribution is -0.135. The third-order valence-electron chi connectivity index (χ3n) is 2.37. The van der Waals surface area contributed by atoms with Gasteiger partial charge in [-0.3, -0.25) is 0 Å². The van der Waals surface area contributed by atoms with Crippen LogP contribution in [0.3, 0.4) is 0 Å². The van der Waals surface area contributed by atoms with Crippen molar-refractivity contribution in [2.24, 2.45) is 0 Å². The van der Waals surface area contributed by atoms with Crippen LogP contribution in [0.2, 0.25) is 0 Å². The summed E-state index contributed by atoms with van der Waals surface area (Å²) in [5.74, 6) is -2.23. The molecule has 4 heteroatoms. The molecule has 2 nitrogen and oxygen atoms in total. The molecule has 1 aromatic rings. The zero-order chi connectivity index (χ0) is 11.0. The van der Waals surface area contributed by atoms with Crippen LogP contribution < -0.4 is 0 Å². The van der Waals surface area contributed by atoms with Crippen LogP contribution >= 0.6 is 0 Å². The molecular formula is C11H8F2O2. The van der Waals surface area contributed by atoms with Gasteiger partial charge in [0.1, 0.15) is 6.61 Å². The number of hydrogen-bond acceptors (Lipinski definition) is 2. The van der Waals surface area contributed by atoms with Gasteiger partial charge in [0.25, 0.3) is 0 Å². The first-order valence-corrected chi connectivity index (χ1v) is 4.42. The Morgan fingerprint density at radius 1 is 1.27 bits per heavy atom. The molecule has 0 saturated heterocycles. The minimum absolute atomic E-state index is 0.121. The van der Waals surface area contributed by atoms with Crippen LogP contribution in [0.25, 0.3) is 5.57 Å². The Kier molecular flexibility index (Phi) is 2.26. The number of esters is 1. The van der Waals surface area contributed by atoms with E-state index < -0.39 is 17.6 Å². The van der Waals surface area contributed by atoms with E-state index in [4.69, 9.17) is 4.74 Å². The number of benzene rings is 1. The van der Waals surface area contributed by atoms with Gasteiger partial charge >= 0.3 is 5.97 Å². The Morgan fingerprint density at radius 3 is 2.53 bits per heavy atom. The van der Waals surface area contributed by atoms with E-state index in [9.17, 15) is 13.6 Å². The van der Waals surface area contributed by atoms with Gasteiger partial charge in [-0.25, -0.2) is 13.6 Å². The minimum Gasteiger partial charge on any atom is -0.457 e. The summed E-state index contributed by atoms with van der Waals surface area (Å²) in [6.07, 6.45) is 0. The van der Waals surface area contributed by atoms with Crippen LogP contribution in [0.5, 0.6) is 0 Å². The second-order valence-electron chi connectivity index (χ2n) is 3.31. The Balaban J connectivity index is 2.47. The maximum atomic E-state index is 12.9. The highest BCUT2D eigenvalue weighted by Crippen LogP contribution is 2.26. The molecule has 0 saturated carbocycles. The molecule has 0 aliphatic carbocycles. The summed E-state index contributed by atoms with van der Waals surface area (Å²) in [4.78, 5) is 11.1. The highest BCUT2D eigenvalue weighted by Gasteiger charge is 2.22. The van der Waals surface area contributed by atoms with Crippen molar-refractivity contribution < 1.29 is 18.3 Å². The molecule has 0 aromatic heterocycles. The molecule has 0 radical (unpaired) electrons. The Hall–Kier alpha value is -1.71. The molecule has 15 heavy (non-hydrogen) atoms. The molecule has 0 amide bonds. The summed E-state index contributed by atoms with van der Waals surface area (Å²) in [7, 11) is 0. The van der Waals surface area contributed by atoms with E-state index in [2.05, 4.69) is 0 Å². The molecule has 0 unspecified atom stereocenters. The lowest BCUT2D eigenvalue weighted by Crippen LogP contribution is -1.94. The monoisotopic (exact) mass is 210 g/mol. The number of carbonyl (C=O) groups is 1. The maximum absolute atomic E-state index is 12.9. The summed E-state index contributed by atoms with van der Waals surface area (Å²) < 4.78 is 30.4. The summed E-state index contributed by atoms with van der Waals surface area (Å²) in [6, 6.07) is 3.53. The fraction of sp³-hybridized carbons (Fsp3) is 0.182. The van der Waals surface area contributed by atoms with Gasteiger partial charge < -0.3 is 4.74 Å². The van der Waals surface area contributed by atoms with Gasteiger partial charge in [0.15, 0.2) is 11.6 Å². The average Bonchev–Trinajstić information content (AvgIpc) is 2.53. The number of ether oxygens (including phenoxy) is 1. The standard InChI is InChI=1S/C11H8F2O2/c1-6-8(5-15-11(6)14)7-2-3-9(12)10(13)4-7/h2-4H,5H2,1H3. The highest BCUT2D eigenvalue weighted by atomic mass is 19.2. The molecule has 1 aliphatic rings. The number of carbonyl (C=O) groups excluding carboxylic acids is 1. The molecule has 1 aliphatic heterocycles. The van der Waals surface area contributed by atoms with Crippen molar-refractivity contribution in [2.75, 3.05) is 6.61 Å². The SMILES string of the molecule is CC1=C(c2ccc(F)c(F)c2)COC1=O. The first-order valence-electron chi connectivity index (χ1n) is 4.42. The first kappa shape index (κ1) is 9.83. The van der Waals surface area contributed by atoms with Crippen molar-refractivity contribution in [3.63, 3.8) is 0 Å². The average molecular weight is 210 g/mol. The normalized spacial score (nSPS) is 15.8. The quantitative estimate of drug-likeness (QED) is 0.665. The lowest BCUT2D eigenvalue weighted by Gasteiger charge is -2.02. The lowest BCUT2D eigenvalue weighted by atomic mass is 10.0. The molecule has 0 bridgehead atoms. The van der Waals surface area contributed by atoms with Crippen LogP contribution in [-0.4, -0.2) is 12.6 Å². The Labute approximate surface area is 85.2 Å². The van der Waals surface area contributed by atoms with Crippen molar-refractivity contribution in [2.45, 2.75) is 6.92 Å². The number of hydrogen-bond donors (Lipinski definition) is 0. The van der Waals surface area contributed by atoms with Crippen molar-refractivity contribution in [3.8, 4) is 0 Å². The van der Waals surface area contributed by atoms with E-state index in [0.29, 0.717) is 16.7 Å². The fourth-order valence-corrected chi connectivity index (χ4v) is 1.46. The van der Waals surface area contributed by atoms with E-state index >= 15 is 0 Å². The molecule has 1 heterocycles. The van der Waals surface area contributed by atoms with Crippen molar-refractivity contribution in [1.29, 1.82) is 0 Å². The first-order chi connectivity index (χ1) is 7.09. The second kappa shape index (κ2) is 3.46. The van der Waals surface area contributed by atoms with Crippen LogP contribution in [-0.2, 0) is 9.53 Å². The zero-order valence-corrected chi connectivity index (χ0v) is 8.01. The van der Waals surface area contributed by atoms with Crippen molar-refractivity contribution >= 4 is 11.5 Å². The van der Waals surface area contributed by atoms with Crippen LogP contribution in [0.4, 0.5) is 8.78 Å². The van der Waals surface area contributed by atoms with Gasteiger partial charge in [-0.05, 0) is 24.6 Å². The van der Waals surface area contributed by atoms with E-state index in [1.165, 1.54) is 6.07 Å². The number of halogens is 2. The van der Waals surface area contributed by atoms with E-state index in [1.807, 2.05) is 0 Å². The maximum Gasteiger partial charge on any atom is 0.334 e. The summed E-state index contributed by atoms with van der Waals surface area (Å²) >= 11 is 0. The van der Waals surface area contributed by atoms with Gasteiger partial charge in [-0.1, -0.05) is 6.07 Å². The topological polar surface area (TPSA) is 26.3 Å². The Bertz CT molecular complexity index is 464. The summed E-state index contributed by atoms with van der Waals surface area (Å²) in [5.41, 5.74) is 1.54. The zero-order valence-electron chi connectivity index (χ0n) is 8.01. The molecule has 0 atom stereocenters. The van der Waals surface area contributed by atoms with Crippen LogP contribution in [0.1, 0.15) is 12.5 Å². The second-order valence-corrected chi connectivity index (χ2v) is 3.31. The van der Waals surface area contributed by atoms with Gasteiger partial charge in [-0.2, -0.15) is 0 Å². The molecule has 2 rings (SSSR count). The number of rotatable bonds is 1. The molecule has 0 fully saturated rings. The summed E-state index contributed by atoms with van der Waals surface area (Å²) in [5, 5.41) is 0. The summed E-state index contributed by atoms with van der Waals surface area (Å²) in [6.45, 7) is 1.72. The van der Waals surface area contributed by atoms with Crippen molar-refractivity contribution in [1.82, 2.24) is 0 Å². The highest BCUT2D eigenvalue weighted by molar-refractivity contribution is 6.01. The molecular weight excluding hydrogens is 202 g/mol. The predicted molar refractivity (Wildman–Crippen MR) is 49.9 cm³/mol. The van der Waals surface area contributed by atoms with E-state index in [-0.39, 0.29) is 6.61 Å². The number of cyclic esters (lactones) is 1. The molecule has 1 aromatic carbocycles.